The Balaban J connectivity index is 0.000000254. The van der Waals surface area contributed by atoms with Crippen molar-refractivity contribution in [3.8, 4) is 0 Å². The van der Waals surface area contributed by atoms with Gasteiger partial charge in [0, 0.05) is 16.2 Å². The number of rotatable bonds is 0. The minimum atomic E-state index is 0.147. The van der Waals surface area contributed by atoms with E-state index in [4.69, 9.17) is 13.3 Å². The lowest BCUT2D eigenvalue weighted by Crippen LogP contribution is -2.08. The molecule has 4 rings (SSSR count). The third-order valence-electron chi connectivity index (χ3n) is 5.85. The lowest BCUT2D eigenvalue weighted by Gasteiger charge is -2.18. The molecule has 3 nitrogen and oxygen atoms in total. The summed E-state index contributed by atoms with van der Waals surface area (Å²) >= 11 is 0. The van der Waals surface area contributed by atoms with E-state index in [0.29, 0.717) is 5.41 Å². The zero-order chi connectivity index (χ0) is 29.4. The lowest BCUT2D eigenvalue weighted by molar-refractivity contribution is 0.395. The van der Waals surface area contributed by atoms with Crippen LogP contribution in [0.25, 0.3) is 0 Å². The molecule has 3 aromatic rings. The van der Waals surface area contributed by atoms with Crippen LogP contribution in [0.2, 0.25) is 0 Å². The SMILES string of the molecule is CC(C)(C)C1=CCC=C1.CC(C)(C)c1ccco1.Cc1ccc(C(C)(C)C)o1.Cc1coc(C(C)(C)C)c1. The fourth-order valence-electron chi connectivity index (χ4n) is 3.38. The molecule has 0 unspecified atom stereocenters. The summed E-state index contributed by atoms with van der Waals surface area (Å²) in [4.78, 5) is 0. The second kappa shape index (κ2) is 13.4. The largest absolute Gasteiger partial charge is 0.469 e. The second-order valence-corrected chi connectivity index (χ2v) is 14.2. The van der Waals surface area contributed by atoms with Crippen LogP contribution in [0, 0.1) is 19.3 Å². The summed E-state index contributed by atoms with van der Waals surface area (Å²) < 4.78 is 16.0. The summed E-state index contributed by atoms with van der Waals surface area (Å²) in [6, 6.07) is 10.0. The van der Waals surface area contributed by atoms with Gasteiger partial charge in [-0.15, -0.1) is 0 Å². The van der Waals surface area contributed by atoms with Crippen LogP contribution >= 0.6 is 0 Å². The van der Waals surface area contributed by atoms with E-state index in [2.05, 4.69) is 107 Å². The third kappa shape index (κ3) is 12.2. The highest BCUT2D eigenvalue weighted by molar-refractivity contribution is 5.30. The second-order valence-electron chi connectivity index (χ2n) is 14.2. The molecule has 0 saturated heterocycles. The Morgan fingerprint density at radius 3 is 1.42 bits per heavy atom. The normalized spacial score (nSPS) is 13.5. The molecule has 3 heteroatoms. The van der Waals surface area contributed by atoms with Gasteiger partial charge in [0.25, 0.3) is 0 Å². The molecule has 1 aliphatic carbocycles. The Morgan fingerprint density at radius 2 is 1.21 bits per heavy atom. The van der Waals surface area contributed by atoms with E-state index < -0.39 is 0 Å². The molecule has 0 radical (unpaired) electrons. The first kappa shape index (κ1) is 33.3. The van der Waals surface area contributed by atoms with Crippen molar-refractivity contribution in [2.45, 2.75) is 120 Å². The molecule has 0 atom stereocenters. The number of furan rings is 3. The zero-order valence-corrected chi connectivity index (χ0v) is 26.7. The van der Waals surface area contributed by atoms with Crippen molar-refractivity contribution in [2.75, 3.05) is 0 Å². The fourth-order valence-corrected chi connectivity index (χ4v) is 3.38. The van der Waals surface area contributed by atoms with Gasteiger partial charge in [0.15, 0.2) is 0 Å². The quantitative estimate of drug-likeness (QED) is 0.295. The summed E-state index contributed by atoms with van der Waals surface area (Å²) in [6.45, 7) is 30.0. The Labute approximate surface area is 233 Å². The first-order chi connectivity index (χ1) is 17.2. The Kier molecular flexibility index (Phi) is 11.8. The third-order valence-corrected chi connectivity index (χ3v) is 5.85. The monoisotopic (exact) mass is 522 g/mol. The van der Waals surface area contributed by atoms with Gasteiger partial charge in [-0.05, 0) is 67.2 Å². The molecule has 3 aromatic heterocycles. The lowest BCUT2D eigenvalue weighted by atomic mass is 9.87. The van der Waals surface area contributed by atoms with E-state index in [0.717, 1.165) is 29.5 Å². The van der Waals surface area contributed by atoms with Crippen molar-refractivity contribution in [3.63, 3.8) is 0 Å². The van der Waals surface area contributed by atoms with Crippen LogP contribution < -0.4 is 0 Å². The van der Waals surface area contributed by atoms with E-state index in [-0.39, 0.29) is 16.2 Å². The first-order valence-corrected chi connectivity index (χ1v) is 13.7. The van der Waals surface area contributed by atoms with Crippen molar-refractivity contribution in [2.24, 2.45) is 5.41 Å². The van der Waals surface area contributed by atoms with Gasteiger partial charge >= 0.3 is 0 Å². The minimum Gasteiger partial charge on any atom is -0.469 e. The van der Waals surface area contributed by atoms with E-state index in [1.54, 1.807) is 12.5 Å². The minimum absolute atomic E-state index is 0.147. The highest BCUT2D eigenvalue weighted by Gasteiger charge is 2.18. The van der Waals surface area contributed by atoms with Crippen LogP contribution in [0.3, 0.4) is 0 Å². The first-order valence-electron chi connectivity index (χ1n) is 13.7. The molecule has 0 saturated carbocycles. The van der Waals surface area contributed by atoms with Gasteiger partial charge in [0.05, 0.1) is 12.5 Å². The Bertz CT molecular complexity index is 1070. The topological polar surface area (TPSA) is 39.4 Å². The van der Waals surface area contributed by atoms with Gasteiger partial charge in [-0.3, -0.25) is 0 Å². The average molecular weight is 523 g/mol. The highest BCUT2D eigenvalue weighted by Crippen LogP contribution is 2.29. The van der Waals surface area contributed by atoms with E-state index >= 15 is 0 Å². The van der Waals surface area contributed by atoms with Gasteiger partial charge in [-0.25, -0.2) is 0 Å². The molecule has 1 aliphatic rings. The molecular weight excluding hydrogens is 468 g/mol. The molecule has 0 N–H and O–H groups in total. The van der Waals surface area contributed by atoms with Crippen LogP contribution in [0.5, 0.6) is 0 Å². The molecule has 38 heavy (non-hydrogen) atoms. The fraction of sp³-hybridized carbons (Fsp3) is 0.543. The summed E-state index contributed by atoms with van der Waals surface area (Å²) in [5, 5.41) is 0. The van der Waals surface area contributed by atoms with Crippen molar-refractivity contribution >= 4 is 0 Å². The maximum absolute atomic E-state index is 5.45. The molecule has 0 fully saturated rings. The predicted molar refractivity (Wildman–Crippen MR) is 163 cm³/mol. The van der Waals surface area contributed by atoms with Crippen molar-refractivity contribution in [1.82, 2.24) is 0 Å². The van der Waals surface area contributed by atoms with Gasteiger partial charge < -0.3 is 13.3 Å². The van der Waals surface area contributed by atoms with Crippen molar-refractivity contribution in [1.29, 1.82) is 0 Å². The van der Waals surface area contributed by atoms with E-state index in [9.17, 15) is 0 Å². The Hall–Kier alpha value is -2.68. The molecule has 0 amide bonds. The predicted octanol–water partition coefficient (Wildman–Crippen LogP) is 11.3. The van der Waals surface area contributed by atoms with Crippen LogP contribution in [-0.4, -0.2) is 0 Å². The van der Waals surface area contributed by atoms with Gasteiger partial charge in [0.1, 0.15) is 23.0 Å². The van der Waals surface area contributed by atoms with E-state index in [1.165, 1.54) is 11.1 Å². The van der Waals surface area contributed by atoms with Crippen molar-refractivity contribution < 1.29 is 13.3 Å². The van der Waals surface area contributed by atoms with Crippen LogP contribution in [0.4, 0.5) is 0 Å². The standard InChI is InChI=1S/2C9H14O.C9H14.C8H12O/c1-7-5-8(10-6-7)9(2,3)4;1-7-5-6-8(10-7)9(2,3)4;1-9(2,3)8-6-4-5-7-8;1-8(2,3)7-5-4-6-9-7/h2*5-6H,1-4H3;4,6-7H,5H2,1-3H3;4-6H,1-3H3. The zero-order valence-electron chi connectivity index (χ0n) is 26.7. The number of aryl methyl sites for hydroxylation is 2. The van der Waals surface area contributed by atoms with Gasteiger partial charge in [-0.1, -0.05) is 101 Å². The highest BCUT2D eigenvalue weighted by atomic mass is 16.3. The van der Waals surface area contributed by atoms with Crippen molar-refractivity contribution in [3.05, 3.63) is 95.3 Å². The molecule has 0 bridgehead atoms. The maximum atomic E-state index is 5.45. The summed E-state index contributed by atoms with van der Waals surface area (Å²) in [7, 11) is 0. The summed E-state index contributed by atoms with van der Waals surface area (Å²) in [6.07, 6.45) is 11.4. The molecule has 3 heterocycles. The maximum Gasteiger partial charge on any atom is 0.109 e. The van der Waals surface area contributed by atoms with E-state index in [1.807, 2.05) is 38.1 Å². The smallest absolute Gasteiger partial charge is 0.109 e. The summed E-state index contributed by atoms with van der Waals surface area (Å²) in [5.41, 5.74) is 3.48. The molecular formula is C35H54O3. The summed E-state index contributed by atoms with van der Waals surface area (Å²) in [5.74, 6) is 4.16. The van der Waals surface area contributed by atoms with Crippen LogP contribution in [0.15, 0.2) is 79.9 Å². The Morgan fingerprint density at radius 1 is 0.632 bits per heavy atom. The molecule has 0 aliphatic heterocycles. The molecule has 212 valence electrons. The number of allylic oxidation sites excluding steroid dienone is 4. The molecule has 0 aromatic carbocycles. The molecule has 0 spiro atoms. The van der Waals surface area contributed by atoms with Gasteiger partial charge in [-0.2, -0.15) is 0 Å². The van der Waals surface area contributed by atoms with Crippen LogP contribution in [-0.2, 0) is 16.2 Å². The van der Waals surface area contributed by atoms with Crippen LogP contribution in [0.1, 0.15) is 118 Å². The average Bonchev–Trinajstić information content (AvgIpc) is 3.53. The number of hydrogen-bond donors (Lipinski definition) is 0. The van der Waals surface area contributed by atoms with Gasteiger partial charge in [0.2, 0.25) is 0 Å². The number of hydrogen-bond acceptors (Lipinski definition) is 3.